The van der Waals surface area contributed by atoms with Gasteiger partial charge >= 0.3 is 0 Å². The topological polar surface area (TPSA) is 17.1 Å². The van der Waals surface area contributed by atoms with Gasteiger partial charge in [0.2, 0.25) is 0 Å². The number of benzene rings is 5. The maximum atomic E-state index is 13.3. The Morgan fingerprint density at radius 2 is 1.11 bits per heavy atom. The third-order valence-corrected chi connectivity index (χ3v) is 10.7. The van der Waals surface area contributed by atoms with Gasteiger partial charge in [-0.05, 0) is 51.9 Å². The monoisotopic (exact) mass is 504 g/mol. The Labute approximate surface area is 218 Å². The predicted octanol–water partition coefficient (Wildman–Crippen LogP) is 6.91. The van der Waals surface area contributed by atoms with E-state index in [0.29, 0.717) is 11.4 Å². The van der Waals surface area contributed by atoms with Crippen molar-refractivity contribution in [3.05, 3.63) is 161 Å². The second-order valence-corrected chi connectivity index (χ2v) is 12.3. The molecule has 3 heteroatoms. The maximum absolute atomic E-state index is 13.3. The number of halogens is 1. The fourth-order valence-electron chi connectivity index (χ4n) is 4.65. The van der Waals surface area contributed by atoms with Gasteiger partial charge in [-0.1, -0.05) is 139 Å². The molecule has 0 atom stereocenters. The quantitative estimate of drug-likeness (QED) is 0.174. The molecule has 0 radical (unpaired) electrons. The number of Topliss-reactive ketones (excluding diaryl/α,β-unsaturated/α-hetero) is 1. The molecule has 0 heterocycles. The van der Waals surface area contributed by atoms with Gasteiger partial charge < -0.3 is 0 Å². The summed E-state index contributed by atoms with van der Waals surface area (Å²) in [5.41, 5.74) is 2.89. The highest BCUT2D eigenvalue weighted by atomic mass is 35.5. The van der Waals surface area contributed by atoms with Crippen LogP contribution in [0.1, 0.15) is 21.5 Å². The van der Waals surface area contributed by atoms with Crippen LogP contribution < -0.4 is 15.9 Å². The molecule has 5 aromatic carbocycles. The standard InChI is InChI=1S/C33H26ClOP/c34-29-22-20-26(21-23-29)25-36(30-15-6-2-7-16-30,31-17-8-3-9-18-31)33-19-11-10-14-28(33)24-32(35)27-12-4-1-5-13-27/h1-23,25H,24H2. The van der Waals surface area contributed by atoms with Crippen LogP contribution in [0.15, 0.2) is 140 Å². The SMILES string of the molecule is O=C(Cc1ccccc1P(=Cc1ccc(Cl)cc1)(c1ccccc1)c1ccccc1)c1ccccc1. The van der Waals surface area contributed by atoms with Crippen molar-refractivity contribution >= 4 is 46.0 Å². The first kappa shape index (κ1) is 24.1. The average molecular weight is 505 g/mol. The lowest BCUT2D eigenvalue weighted by molar-refractivity contribution is 0.0993. The van der Waals surface area contributed by atoms with Gasteiger partial charge in [0.05, 0.1) is 0 Å². The number of carbonyl (C=O) groups is 1. The highest BCUT2D eigenvalue weighted by Crippen LogP contribution is 2.45. The molecule has 0 aliphatic carbocycles. The summed E-state index contributed by atoms with van der Waals surface area (Å²) in [5.74, 6) is 2.52. The Morgan fingerprint density at radius 1 is 0.611 bits per heavy atom. The molecule has 0 fully saturated rings. The molecule has 0 aliphatic rings. The summed E-state index contributed by atoms with van der Waals surface area (Å²) in [7, 11) is 0. The number of ketones is 1. The summed E-state index contributed by atoms with van der Waals surface area (Å²) in [5, 5.41) is 4.39. The largest absolute Gasteiger partial charge is 0.294 e. The molecule has 0 saturated carbocycles. The molecule has 0 bridgehead atoms. The van der Waals surface area contributed by atoms with Gasteiger partial charge in [-0.15, -0.1) is 0 Å². The second kappa shape index (κ2) is 11.0. The van der Waals surface area contributed by atoms with E-state index in [1.54, 1.807) is 0 Å². The molecule has 5 rings (SSSR count). The van der Waals surface area contributed by atoms with E-state index in [0.717, 1.165) is 16.7 Å². The second-order valence-electron chi connectivity index (χ2n) is 8.67. The van der Waals surface area contributed by atoms with Crippen molar-refractivity contribution in [3.8, 4) is 0 Å². The lowest BCUT2D eigenvalue weighted by Crippen LogP contribution is -2.30. The van der Waals surface area contributed by atoms with Crippen LogP contribution in [0.2, 0.25) is 5.02 Å². The van der Waals surface area contributed by atoms with Crippen molar-refractivity contribution < 1.29 is 4.79 Å². The highest BCUT2D eigenvalue weighted by molar-refractivity contribution is 7.94. The zero-order valence-corrected chi connectivity index (χ0v) is 21.4. The summed E-state index contributed by atoms with van der Waals surface area (Å²) < 4.78 is 0. The molecule has 0 aromatic heterocycles. The van der Waals surface area contributed by atoms with Crippen LogP contribution in [0, 0.1) is 0 Å². The van der Waals surface area contributed by atoms with Crippen molar-refractivity contribution in [3.63, 3.8) is 0 Å². The van der Waals surface area contributed by atoms with Crippen LogP contribution in [0.3, 0.4) is 0 Å². The Kier molecular flexibility index (Phi) is 7.33. The van der Waals surface area contributed by atoms with Crippen molar-refractivity contribution in [2.75, 3.05) is 0 Å². The van der Waals surface area contributed by atoms with Crippen LogP contribution in [-0.2, 0) is 6.42 Å². The number of hydrogen-bond donors (Lipinski definition) is 0. The molecule has 0 aliphatic heterocycles. The third kappa shape index (κ3) is 5.00. The van der Waals surface area contributed by atoms with Gasteiger partial charge in [0.15, 0.2) is 5.78 Å². The third-order valence-electron chi connectivity index (χ3n) is 6.36. The van der Waals surface area contributed by atoms with Gasteiger partial charge in [-0.2, -0.15) is 0 Å². The van der Waals surface area contributed by atoms with Crippen LogP contribution in [0.4, 0.5) is 0 Å². The molecule has 0 unspecified atom stereocenters. The summed E-state index contributed by atoms with van der Waals surface area (Å²) >= 11 is 6.23. The summed E-state index contributed by atoms with van der Waals surface area (Å²) in [6, 6.07) is 47.3. The van der Waals surface area contributed by atoms with E-state index in [1.165, 1.54) is 15.9 Å². The van der Waals surface area contributed by atoms with Gasteiger partial charge in [0, 0.05) is 17.0 Å². The zero-order chi connectivity index (χ0) is 24.8. The fourth-order valence-corrected chi connectivity index (χ4v) is 8.90. The molecule has 36 heavy (non-hydrogen) atoms. The minimum absolute atomic E-state index is 0.119. The van der Waals surface area contributed by atoms with E-state index >= 15 is 0 Å². The Morgan fingerprint density at radius 3 is 1.69 bits per heavy atom. The fraction of sp³-hybridized carbons (Fsp3) is 0.0303. The van der Waals surface area contributed by atoms with E-state index in [4.69, 9.17) is 11.6 Å². The van der Waals surface area contributed by atoms with Crippen molar-refractivity contribution in [1.82, 2.24) is 0 Å². The maximum Gasteiger partial charge on any atom is 0.167 e. The number of carbonyl (C=O) groups excluding carboxylic acids is 1. The number of hydrogen-bond acceptors (Lipinski definition) is 1. The highest BCUT2D eigenvalue weighted by Gasteiger charge is 2.28. The normalized spacial score (nSPS) is 11.1. The predicted molar refractivity (Wildman–Crippen MR) is 156 cm³/mol. The summed E-state index contributed by atoms with van der Waals surface area (Å²) in [6.07, 6.45) is 0.343. The van der Waals surface area contributed by atoms with E-state index < -0.39 is 6.89 Å². The summed E-state index contributed by atoms with van der Waals surface area (Å²) in [6.45, 7) is -2.30. The van der Waals surface area contributed by atoms with E-state index in [1.807, 2.05) is 48.5 Å². The molecular formula is C33H26ClOP. The van der Waals surface area contributed by atoms with Crippen LogP contribution >= 0.6 is 18.5 Å². The van der Waals surface area contributed by atoms with Crippen molar-refractivity contribution in [1.29, 1.82) is 0 Å². The first-order chi connectivity index (χ1) is 17.7. The molecule has 0 N–H and O–H groups in total. The molecule has 0 spiro atoms. The van der Waals surface area contributed by atoms with Gasteiger partial charge in [0.25, 0.3) is 0 Å². The lowest BCUT2D eigenvalue weighted by Gasteiger charge is -2.31. The molecule has 1 nitrogen and oxygen atoms in total. The number of rotatable bonds is 7. The van der Waals surface area contributed by atoms with Gasteiger partial charge in [0.1, 0.15) is 0 Å². The molecular weight excluding hydrogens is 479 g/mol. The lowest BCUT2D eigenvalue weighted by atomic mass is 10.0. The average Bonchev–Trinajstić information content (AvgIpc) is 2.95. The Balaban J connectivity index is 1.80. The van der Waals surface area contributed by atoms with E-state index in [2.05, 4.69) is 96.8 Å². The zero-order valence-electron chi connectivity index (χ0n) is 19.8. The van der Waals surface area contributed by atoms with E-state index in [9.17, 15) is 4.79 Å². The molecule has 0 saturated heterocycles. The van der Waals surface area contributed by atoms with E-state index in [-0.39, 0.29) is 5.78 Å². The van der Waals surface area contributed by atoms with Crippen molar-refractivity contribution in [2.24, 2.45) is 0 Å². The first-order valence-electron chi connectivity index (χ1n) is 11.9. The smallest absolute Gasteiger partial charge is 0.167 e. The summed E-state index contributed by atoms with van der Waals surface area (Å²) in [4.78, 5) is 13.3. The minimum atomic E-state index is -2.30. The minimum Gasteiger partial charge on any atom is -0.294 e. The molecule has 176 valence electrons. The molecule has 0 amide bonds. The Bertz CT molecular complexity index is 1470. The Hall–Kier alpha value is -3.64. The van der Waals surface area contributed by atoms with Crippen LogP contribution in [-0.4, -0.2) is 11.6 Å². The van der Waals surface area contributed by atoms with Crippen molar-refractivity contribution in [2.45, 2.75) is 6.42 Å². The van der Waals surface area contributed by atoms with Crippen LogP contribution in [0.5, 0.6) is 0 Å². The van der Waals surface area contributed by atoms with Crippen LogP contribution in [0.25, 0.3) is 0 Å². The van der Waals surface area contributed by atoms with Gasteiger partial charge in [-0.25, -0.2) is 0 Å². The van der Waals surface area contributed by atoms with Gasteiger partial charge in [-0.3, -0.25) is 4.79 Å². The first-order valence-corrected chi connectivity index (χ1v) is 14.2. The molecule has 5 aromatic rings.